The SMILES string of the molecule is COc1ccc(C)cc1NC(=O)CSc1nnc(CC(=O)Nc2ccc(C)cc2)n1C. The number of carbonyl (C=O) groups excluding carboxylic acids is 2. The number of hydrogen-bond donors (Lipinski definition) is 2. The number of amides is 2. The Kier molecular flexibility index (Phi) is 7.30. The van der Waals surface area contributed by atoms with E-state index in [0.29, 0.717) is 22.4 Å². The summed E-state index contributed by atoms with van der Waals surface area (Å²) < 4.78 is 7.01. The van der Waals surface area contributed by atoms with Crippen molar-refractivity contribution in [2.45, 2.75) is 25.4 Å². The Labute approximate surface area is 185 Å². The van der Waals surface area contributed by atoms with E-state index >= 15 is 0 Å². The lowest BCUT2D eigenvalue weighted by atomic mass is 10.2. The topological polar surface area (TPSA) is 98.1 Å². The molecule has 0 unspecified atom stereocenters. The summed E-state index contributed by atoms with van der Waals surface area (Å²) in [6.07, 6.45) is 0.0879. The zero-order chi connectivity index (χ0) is 22.4. The smallest absolute Gasteiger partial charge is 0.234 e. The Morgan fingerprint density at radius 2 is 1.71 bits per heavy atom. The van der Waals surface area contributed by atoms with Crippen LogP contribution in [0.4, 0.5) is 11.4 Å². The lowest BCUT2D eigenvalue weighted by molar-refractivity contribution is -0.116. The van der Waals surface area contributed by atoms with Crippen LogP contribution < -0.4 is 15.4 Å². The maximum Gasteiger partial charge on any atom is 0.234 e. The van der Waals surface area contributed by atoms with Crippen molar-refractivity contribution in [1.29, 1.82) is 0 Å². The van der Waals surface area contributed by atoms with Gasteiger partial charge in [0.1, 0.15) is 11.6 Å². The number of ether oxygens (including phenoxy) is 1. The Balaban J connectivity index is 1.55. The number of aromatic nitrogens is 3. The average molecular weight is 440 g/mol. The van der Waals surface area contributed by atoms with Crippen molar-refractivity contribution in [3.05, 3.63) is 59.4 Å². The first kappa shape index (κ1) is 22.4. The molecule has 0 saturated carbocycles. The molecule has 0 aliphatic heterocycles. The van der Waals surface area contributed by atoms with Gasteiger partial charge in [0.15, 0.2) is 5.16 Å². The van der Waals surface area contributed by atoms with E-state index in [1.54, 1.807) is 18.7 Å². The Hall–Kier alpha value is -3.33. The molecule has 1 aromatic heterocycles. The van der Waals surface area contributed by atoms with Crippen molar-refractivity contribution < 1.29 is 14.3 Å². The number of aryl methyl sites for hydroxylation is 2. The zero-order valence-corrected chi connectivity index (χ0v) is 18.7. The molecule has 0 bridgehead atoms. The largest absolute Gasteiger partial charge is 0.495 e. The highest BCUT2D eigenvalue weighted by molar-refractivity contribution is 7.99. The van der Waals surface area contributed by atoms with Gasteiger partial charge in [-0.15, -0.1) is 10.2 Å². The van der Waals surface area contributed by atoms with E-state index in [-0.39, 0.29) is 24.0 Å². The van der Waals surface area contributed by atoms with Gasteiger partial charge in [-0.05, 0) is 43.7 Å². The third kappa shape index (κ3) is 6.08. The van der Waals surface area contributed by atoms with E-state index in [0.717, 1.165) is 16.8 Å². The Morgan fingerprint density at radius 1 is 1.00 bits per heavy atom. The lowest BCUT2D eigenvalue weighted by Crippen LogP contribution is -2.17. The number of carbonyl (C=O) groups is 2. The van der Waals surface area contributed by atoms with Crippen molar-refractivity contribution in [3.63, 3.8) is 0 Å². The van der Waals surface area contributed by atoms with Crippen LogP contribution in [0.25, 0.3) is 0 Å². The molecule has 162 valence electrons. The highest BCUT2D eigenvalue weighted by Gasteiger charge is 2.15. The summed E-state index contributed by atoms with van der Waals surface area (Å²) in [5.41, 5.74) is 3.50. The minimum Gasteiger partial charge on any atom is -0.495 e. The Morgan fingerprint density at radius 3 is 2.42 bits per heavy atom. The van der Waals surface area contributed by atoms with Crippen LogP contribution >= 0.6 is 11.8 Å². The number of rotatable bonds is 8. The minimum absolute atomic E-state index is 0.0879. The van der Waals surface area contributed by atoms with Crippen molar-refractivity contribution >= 4 is 35.0 Å². The molecule has 31 heavy (non-hydrogen) atoms. The molecule has 9 heteroatoms. The number of hydrogen-bond acceptors (Lipinski definition) is 6. The molecule has 3 rings (SSSR count). The summed E-state index contributed by atoms with van der Waals surface area (Å²) in [6.45, 7) is 3.93. The van der Waals surface area contributed by atoms with Crippen molar-refractivity contribution in [2.75, 3.05) is 23.5 Å². The number of nitrogens with zero attached hydrogens (tertiary/aromatic N) is 3. The van der Waals surface area contributed by atoms with Crippen LogP contribution in [-0.2, 0) is 23.1 Å². The van der Waals surface area contributed by atoms with E-state index in [2.05, 4.69) is 20.8 Å². The molecule has 2 aromatic carbocycles. The van der Waals surface area contributed by atoms with Crippen LogP contribution in [0.3, 0.4) is 0 Å². The predicted molar refractivity (Wildman–Crippen MR) is 122 cm³/mol. The van der Waals surface area contributed by atoms with Gasteiger partial charge in [-0.2, -0.15) is 0 Å². The molecule has 0 fully saturated rings. The van der Waals surface area contributed by atoms with Crippen molar-refractivity contribution in [1.82, 2.24) is 14.8 Å². The van der Waals surface area contributed by atoms with Crippen LogP contribution in [0.1, 0.15) is 17.0 Å². The molecule has 0 aliphatic carbocycles. The van der Waals surface area contributed by atoms with Crippen LogP contribution in [0.15, 0.2) is 47.6 Å². The number of benzene rings is 2. The monoisotopic (exact) mass is 439 g/mol. The van der Waals surface area contributed by atoms with Gasteiger partial charge in [-0.3, -0.25) is 9.59 Å². The van der Waals surface area contributed by atoms with Crippen LogP contribution in [0, 0.1) is 13.8 Å². The van der Waals surface area contributed by atoms with E-state index in [4.69, 9.17) is 4.74 Å². The van der Waals surface area contributed by atoms with E-state index in [1.165, 1.54) is 11.8 Å². The molecule has 0 atom stereocenters. The molecule has 1 heterocycles. The van der Waals surface area contributed by atoms with Gasteiger partial charge >= 0.3 is 0 Å². The van der Waals surface area contributed by atoms with Gasteiger partial charge in [0, 0.05) is 12.7 Å². The summed E-state index contributed by atoms with van der Waals surface area (Å²) in [6, 6.07) is 13.2. The van der Waals surface area contributed by atoms with Gasteiger partial charge in [-0.25, -0.2) is 0 Å². The summed E-state index contributed by atoms with van der Waals surface area (Å²) in [7, 11) is 3.34. The maximum absolute atomic E-state index is 12.4. The van der Waals surface area contributed by atoms with E-state index < -0.39 is 0 Å². The standard InChI is InChI=1S/C22H25N5O3S/c1-14-5-8-16(9-6-14)23-20(28)12-19-25-26-22(27(19)3)31-13-21(29)24-17-11-15(2)7-10-18(17)30-4/h5-11H,12-13H2,1-4H3,(H,23,28)(H,24,29). The summed E-state index contributed by atoms with van der Waals surface area (Å²) in [4.78, 5) is 24.7. The highest BCUT2D eigenvalue weighted by Crippen LogP contribution is 2.26. The molecule has 2 N–H and O–H groups in total. The van der Waals surface area contributed by atoms with Crippen molar-refractivity contribution in [3.8, 4) is 5.75 Å². The fourth-order valence-electron chi connectivity index (χ4n) is 2.85. The second-order valence-electron chi connectivity index (χ2n) is 7.09. The van der Waals surface area contributed by atoms with E-state index in [1.807, 2.05) is 56.3 Å². The summed E-state index contributed by atoms with van der Waals surface area (Å²) in [5, 5.41) is 14.5. The van der Waals surface area contributed by atoms with Crippen LogP contribution in [0.2, 0.25) is 0 Å². The quantitative estimate of drug-likeness (QED) is 0.523. The first-order valence-corrected chi connectivity index (χ1v) is 10.7. The molecule has 0 spiro atoms. The third-order valence-electron chi connectivity index (χ3n) is 4.54. The van der Waals surface area contributed by atoms with Gasteiger partial charge in [0.2, 0.25) is 11.8 Å². The number of methoxy groups -OCH3 is 1. The van der Waals surface area contributed by atoms with Gasteiger partial charge in [-0.1, -0.05) is 35.5 Å². The second-order valence-corrected chi connectivity index (χ2v) is 8.03. The molecule has 0 radical (unpaired) electrons. The number of anilines is 2. The fraction of sp³-hybridized carbons (Fsp3) is 0.273. The normalized spacial score (nSPS) is 10.6. The summed E-state index contributed by atoms with van der Waals surface area (Å²) >= 11 is 1.25. The molecular weight excluding hydrogens is 414 g/mol. The average Bonchev–Trinajstić information content (AvgIpc) is 3.07. The zero-order valence-electron chi connectivity index (χ0n) is 17.9. The van der Waals surface area contributed by atoms with Gasteiger partial charge < -0.3 is 19.9 Å². The molecule has 0 saturated heterocycles. The molecule has 8 nitrogen and oxygen atoms in total. The number of nitrogens with one attached hydrogen (secondary N) is 2. The molecule has 0 aliphatic rings. The second kappa shape index (κ2) is 10.1. The van der Waals surface area contributed by atoms with E-state index in [9.17, 15) is 9.59 Å². The highest BCUT2D eigenvalue weighted by atomic mass is 32.2. The van der Waals surface area contributed by atoms with Gasteiger partial charge in [0.25, 0.3) is 0 Å². The molecule has 2 amide bonds. The minimum atomic E-state index is -0.185. The van der Waals surface area contributed by atoms with Crippen LogP contribution in [0.5, 0.6) is 5.75 Å². The number of thioether (sulfide) groups is 1. The third-order valence-corrected chi connectivity index (χ3v) is 5.56. The lowest BCUT2D eigenvalue weighted by Gasteiger charge is -2.11. The first-order valence-electron chi connectivity index (χ1n) is 9.68. The fourth-order valence-corrected chi connectivity index (χ4v) is 3.58. The molecule has 3 aromatic rings. The molecular formula is C22H25N5O3S. The van der Waals surface area contributed by atoms with Gasteiger partial charge in [0.05, 0.1) is 25.0 Å². The Bertz CT molecular complexity index is 1080. The summed E-state index contributed by atoms with van der Waals surface area (Å²) in [5.74, 6) is 0.909. The van der Waals surface area contributed by atoms with Crippen LogP contribution in [-0.4, -0.2) is 39.4 Å². The maximum atomic E-state index is 12.4. The predicted octanol–water partition coefficient (Wildman–Crippen LogP) is 3.35. The first-order chi connectivity index (χ1) is 14.9. The van der Waals surface area contributed by atoms with Crippen molar-refractivity contribution in [2.24, 2.45) is 7.05 Å².